The van der Waals surface area contributed by atoms with Gasteiger partial charge in [0.05, 0.1) is 35.8 Å². The summed E-state index contributed by atoms with van der Waals surface area (Å²) >= 11 is 1.16. The molecule has 0 saturated heterocycles. The molecule has 1 heterocycles. The van der Waals surface area contributed by atoms with E-state index in [2.05, 4.69) is 10.3 Å². The minimum Gasteiger partial charge on any atom is -0.497 e. The van der Waals surface area contributed by atoms with Crippen molar-refractivity contribution in [3.05, 3.63) is 47.2 Å². The molecule has 28 heavy (non-hydrogen) atoms. The molecule has 1 N–H and O–H groups in total. The van der Waals surface area contributed by atoms with Crippen LogP contribution in [-0.2, 0) is 9.53 Å². The second kappa shape index (κ2) is 9.76. The van der Waals surface area contributed by atoms with Crippen LogP contribution in [0.2, 0.25) is 0 Å². The van der Waals surface area contributed by atoms with Crippen LogP contribution in [0.25, 0.3) is 0 Å². The van der Waals surface area contributed by atoms with Crippen LogP contribution in [0.5, 0.6) is 5.75 Å². The van der Waals surface area contributed by atoms with E-state index in [0.717, 1.165) is 11.8 Å². The number of methoxy groups -OCH3 is 1. The number of esters is 1. The van der Waals surface area contributed by atoms with E-state index in [1.807, 2.05) is 6.07 Å². The Kier molecular flexibility index (Phi) is 7.41. The molecule has 1 amide bonds. The number of pyridine rings is 1. The van der Waals surface area contributed by atoms with Crippen molar-refractivity contribution >= 4 is 29.3 Å². The summed E-state index contributed by atoms with van der Waals surface area (Å²) in [6.45, 7) is 5.33. The SMILES string of the molecule is CCOC(=O)c1cc(C#N)c(S[C@H](C)C(=O)Nc2ccc(OC)cc2)nc1C. The van der Waals surface area contributed by atoms with E-state index in [9.17, 15) is 14.9 Å². The highest BCUT2D eigenvalue weighted by atomic mass is 32.2. The zero-order valence-corrected chi connectivity index (χ0v) is 16.9. The van der Waals surface area contributed by atoms with Crippen LogP contribution < -0.4 is 10.1 Å². The highest BCUT2D eigenvalue weighted by Crippen LogP contribution is 2.28. The van der Waals surface area contributed by atoms with Crippen molar-refractivity contribution in [3.8, 4) is 11.8 Å². The minimum absolute atomic E-state index is 0.225. The lowest BCUT2D eigenvalue weighted by molar-refractivity contribution is -0.115. The van der Waals surface area contributed by atoms with E-state index >= 15 is 0 Å². The van der Waals surface area contributed by atoms with Gasteiger partial charge in [0.25, 0.3) is 0 Å². The van der Waals surface area contributed by atoms with E-state index in [1.54, 1.807) is 52.1 Å². The molecule has 0 aliphatic rings. The Hall–Kier alpha value is -3.05. The van der Waals surface area contributed by atoms with Gasteiger partial charge in [-0.3, -0.25) is 4.79 Å². The van der Waals surface area contributed by atoms with Crippen molar-refractivity contribution in [1.29, 1.82) is 5.26 Å². The van der Waals surface area contributed by atoms with E-state index in [4.69, 9.17) is 9.47 Å². The number of nitrogens with one attached hydrogen (secondary N) is 1. The molecule has 1 aromatic heterocycles. The maximum Gasteiger partial charge on any atom is 0.340 e. The summed E-state index contributed by atoms with van der Waals surface area (Å²) in [5.74, 6) is -0.0562. The molecule has 0 radical (unpaired) electrons. The van der Waals surface area contributed by atoms with E-state index in [1.165, 1.54) is 6.07 Å². The molecule has 7 nitrogen and oxygen atoms in total. The van der Waals surface area contributed by atoms with Crippen LogP contribution in [-0.4, -0.2) is 35.8 Å². The van der Waals surface area contributed by atoms with E-state index in [0.29, 0.717) is 22.2 Å². The molecule has 0 bridgehead atoms. The molecule has 0 aliphatic heterocycles. The van der Waals surface area contributed by atoms with Crippen LogP contribution in [0.3, 0.4) is 0 Å². The quantitative estimate of drug-likeness (QED) is 0.561. The predicted molar refractivity (Wildman–Crippen MR) is 107 cm³/mol. The first-order valence-electron chi connectivity index (χ1n) is 8.60. The largest absolute Gasteiger partial charge is 0.497 e. The van der Waals surface area contributed by atoms with Gasteiger partial charge in [-0.25, -0.2) is 9.78 Å². The fourth-order valence-electron chi connectivity index (χ4n) is 2.31. The number of carbonyl (C=O) groups is 2. The number of aryl methyl sites for hydroxylation is 1. The Morgan fingerprint density at radius 2 is 2.00 bits per heavy atom. The molecule has 8 heteroatoms. The van der Waals surface area contributed by atoms with Gasteiger partial charge in [0.1, 0.15) is 16.8 Å². The normalized spacial score (nSPS) is 11.2. The van der Waals surface area contributed by atoms with Gasteiger partial charge in [-0.15, -0.1) is 0 Å². The Bertz CT molecular complexity index is 907. The van der Waals surface area contributed by atoms with E-state index in [-0.39, 0.29) is 23.6 Å². The Morgan fingerprint density at radius 3 is 2.57 bits per heavy atom. The van der Waals surface area contributed by atoms with Gasteiger partial charge < -0.3 is 14.8 Å². The lowest BCUT2D eigenvalue weighted by atomic mass is 10.1. The summed E-state index contributed by atoms with van der Waals surface area (Å²) < 4.78 is 10.1. The minimum atomic E-state index is -0.522. The third-order valence-electron chi connectivity index (χ3n) is 3.81. The second-order valence-corrected chi connectivity index (χ2v) is 7.11. The number of hydrogen-bond donors (Lipinski definition) is 1. The van der Waals surface area contributed by atoms with Gasteiger partial charge in [-0.1, -0.05) is 11.8 Å². The van der Waals surface area contributed by atoms with Crippen LogP contribution in [0.15, 0.2) is 35.4 Å². The average Bonchev–Trinajstić information content (AvgIpc) is 2.68. The third-order valence-corrected chi connectivity index (χ3v) is 4.91. The van der Waals surface area contributed by atoms with Gasteiger partial charge in [-0.2, -0.15) is 5.26 Å². The number of ether oxygens (including phenoxy) is 2. The number of carbonyl (C=O) groups excluding carboxylic acids is 2. The maximum atomic E-state index is 12.5. The first-order valence-corrected chi connectivity index (χ1v) is 9.48. The lowest BCUT2D eigenvalue weighted by Crippen LogP contribution is -2.22. The summed E-state index contributed by atoms with van der Waals surface area (Å²) in [4.78, 5) is 28.8. The van der Waals surface area contributed by atoms with Gasteiger partial charge in [0.15, 0.2) is 0 Å². The maximum absolute atomic E-state index is 12.5. The summed E-state index contributed by atoms with van der Waals surface area (Å²) in [7, 11) is 1.57. The number of nitrogens with zero attached hydrogens (tertiary/aromatic N) is 2. The van der Waals surface area contributed by atoms with Crippen molar-refractivity contribution in [2.24, 2.45) is 0 Å². The molecular weight excluding hydrogens is 378 g/mol. The van der Waals surface area contributed by atoms with Gasteiger partial charge in [0, 0.05) is 5.69 Å². The van der Waals surface area contributed by atoms with Crippen LogP contribution >= 0.6 is 11.8 Å². The summed E-state index contributed by atoms with van der Waals surface area (Å²) in [6.07, 6.45) is 0. The molecule has 2 rings (SSSR count). The van der Waals surface area contributed by atoms with Crippen LogP contribution in [0.1, 0.15) is 35.5 Å². The first-order chi connectivity index (χ1) is 13.4. The summed E-state index contributed by atoms with van der Waals surface area (Å²) in [5.41, 5.74) is 1.56. The Balaban J connectivity index is 2.14. The Morgan fingerprint density at radius 1 is 1.32 bits per heavy atom. The predicted octanol–water partition coefficient (Wildman–Crippen LogP) is 3.57. The number of aromatic nitrogens is 1. The second-order valence-electron chi connectivity index (χ2n) is 5.78. The highest BCUT2D eigenvalue weighted by Gasteiger charge is 2.21. The third kappa shape index (κ3) is 5.24. The van der Waals surface area contributed by atoms with Gasteiger partial charge >= 0.3 is 5.97 Å². The molecule has 146 valence electrons. The summed E-state index contributed by atoms with van der Waals surface area (Å²) in [6, 6.07) is 10.5. The molecule has 0 spiro atoms. The number of nitriles is 1. The van der Waals surface area contributed by atoms with Crippen LogP contribution in [0.4, 0.5) is 5.69 Å². The molecule has 0 fully saturated rings. The van der Waals surface area contributed by atoms with Gasteiger partial charge in [-0.05, 0) is 51.1 Å². The Labute approximate surface area is 168 Å². The monoisotopic (exact) mass is 399 g/mol. The number of amides is 1. The molecule has 1 aromatic carbocycles. The number of hydrogen-bond acceptors (Lipinski definition) is 7. The van der Waals surface area contributed by atoms with Crippen molar-refractivity contribution in [2.75, 3.05) is 19.0 Å². The fraction of sp³-hybridized carbons (Fsp3) is 0.300. The lowest BCUT2D eigenvalue weighted by Gasteiger charge is -2.14. The number of benzene rings is 1. The number of thioether (sulfide) groups is 1. The molecule has 2 aromatic rings. The zero-order valence-electron chi connectivity index (χ0n) is 16.1. The van der Waals surface area contributed by atoms with Crippen molar-refractivity contribution in [1.82, 2.24) is 4.98 Å². The van der Waals surface area contributed by atoms with Crippen molar-refractivity contribution in [2.45, 2.75) is 31.0 Å². The van der Waals surface area contributed by atoms with Crippen molar-refractivity contribution < 1.29 is 19.1 Å². The molecule has 0 aliphatic carbocycles. The highest BCUT2D eigenvalue weighted by molar-refractivity contribution is 8.00. The zero-order chi connectivity index (χ0) is 20.7. The number of anilines is 1. The smallest absolute Gasteiger partial charge is 0.340 e. The standard InChI is InChI=1S/C20H21N3O4S/c1-5-27-20(25)17-10-14(11-21)19(22-12(17)2)28-13(3)18(24)23-15-6-8-16(26-4)9-7-15/h6-10,13H,5H2,1-4H3,(H,23,24)/t13-/m1/s1. The topological polar surface area (TPSA) is 101 Å². The summed E-state index contributed by atoms with van der Waals surface area (Å²) in [5, 5.41) is 12.1. The molecule has 0 unspecified atom stereocenters. The molecule has 1 atom stereocenters. The number of rotatable bonds is 7. The van der Waals surface area contributed by atoms with Crippen molar-refractivity contribution in [3.63, 3.8) is 0 Å². The van der Waals surface area contributed by atoms with Crippen LogP contribution in [0, 0.1) is 18.3 Å². The molecule has 0 saturated carbocycles. The first kappa shape index (κ1) is 21.3. The molecular formula is C20H21N3O4S. The van der Waals surface area contributed by atoms with E-state index < -0.39 is 11.2 Å². The average molecular weight is 399 g/mol. The fourth-order valence-corrected chi connectivity index (χ4v) is 3.23. The van der Waals surface area contributed by atoms with Gasteiger partial charge in [0.2, 0.25) is 5.91 Å².